The van der Waals surface area contributed by atoms with Crippen molar-refractivity contribution in [1.29, 1.82) is 0 Å². The van der Waals surface area contributed by atoms with Crippen LogP contribution >= 0.6 is 0 Å². The Balaban J connectivity index is 2.32. The van der Waals surface area contributed by atoms with Gasteiger partial charge in [-0.05, 0) is 17.4 Å². The van der Waals surface area contributed by atoms with Crippen LogP contribution in [0.2, 0.25) is 0 Å². The van der Waals surface area contributed by atoms with E-state index in [1.807, 2.05) is 0 Å². The molecule has 0 atom stereocenters. The maximum atomic E-state index is 11.9. The van der Waals surface area contributed by atoms with Crippen molar-refractivity contribution in [3.63, 3.8) is 0 Å². The number of rotatable bonds is 5. The number of hydrogen-bond donors (Lipinski definition) is 2. The van der Waals surface area contributed by atoms with Crippen molar-refractivity contribution in [2.75, 3.05) is 19.6 Å². The van der Waals surface area contributed by atoms with Crippen LogP contribution in [0.1, 0.15) is 34.6 Å². The van der Waals surface area contributed by atoms with E-state index in [1.54, 1.807) is 0 Å². The Morgan fingerprint density at radius 3 is 2.07 bits per heavy atom. The second-order valence-corrected chi connectivity index (χ2v) is 5.52. The summed E-state index contributed by atoms with van der Waals surface area (Å²) in [5, 5.41) is 6.18. The van der Waals surface area contributed by atoms with Gasteiger partial charge in [0.25, 0.3) is 0 Å². The van der Waals surface area contributed by atoms with Crippen LogP contribution < -0.4 is 10.6 Å². The summed E-state index contributed by atoms with van der Waals surface area (Å²) in [5.74, 6) is 0.384. The van der Waals surface area contributed by atoms with Gasteiger partial charge in [0.15, 0.2) is 0 Å². The van der Waals surface area contributed by atoms with Gasteiger partial charge in [-0.1, -0.05) is 34.6 Å². The molecule has 1 fully saturated rings. The third kappa shape index (κ3) is 2.17. The summed E-state index contributed by atoms with van der Waals surface area (Å²) in [6.45, 7) is 13.3. The van der Waals surface area contributed by atoms with E-state index in [2.05, 4.69) is 45.3 Å². The molecule has 1 saturated carbocycles. The lowest BCUT2D eigenvalue weighted by Crippen LogP contribution is -2.33. The molecule has 88 valence electrons. The first kappa shape index (κ1) is 12.5. The highest BCUT2D eigenvalue weighted by Gasteiger charge is 2.68. The van der Waals surface area contributed by atoms with Gasteiger partial charge in [-0.25, -0.2) is 0 Å². The van der Waals surface area contributed by atoms with E-state index in [0.29, 0.717) is 0 Å². The van der Waals surface area contributed by atoms with E-state index < -0.39 is 0 Å². The standard InChI is InChI=1S/C12H24N2O/c1-6-13-7-8-14-10(15)9-11(2,3)12(9,4)5/h9,13H,6-8H2,1-5H3,(H,14,15). The topological polar surface area (TPSA) is 41.1 Å². The van der Waals surface area contributed by atoms with Gasteiger partial charge in [0.05, 0.1) is 0 Å². The molecule has 0 radical (unpaired) electrons. The first-order valence-corrected chi connectivity index (χ1v) is 5.84. The first-order valence-electron chi connectivity index (χ1n) is 5.84. The van der Waals surface area contributed by atoms with E-state index in [4.69, 9.17) is 0 Å². The van der Waals surface area contributed by atoms with Gasteiger partial charge in [-0.2, -0.15) is 0 Å². The van der Waals surface area contributed by atoms with E-state index in [0.717, 1.165) is 19.6 Å². The molecule has 0 bridgehead atoms. The maximum absolute atomic E-state index is 11.9. The Morgan fingerprint density at radius 1 is 1.13 bits per heavy atom. The molecule has 1 aliphatic rings. The summed E-state index contributed by atoms with van der Waals surface area (Å²) in [6.07, 6.45) is 0. The number of hydrogen-bond acceptors (Lipinski definition) is 2. The molecule has 3 heteroatoms. The van der Waals surface area contributed by atoms with Gasteiger partial charge in [0.2, 0.25) is 5.91 Å². The largest absolute Gasteiger partial charge is 0.355 e. The summed E-state index contributed by atoms with van der Waals surface area (Å²) in [4.78, 5) is 11.9. The fraction of sp³-hybridized carbons (Fsp3) is 0.917. The summed E-state index contributed by atoms with van der Waals surface area (Å²) in [7, 11) is 0. The van der Waals surface area contributed by atoms with E-state index in [1.165, 1.54) is 0 Å². The molecule has 1 rings (SSSR count). The Kier molecular flexibility index (Phi) is 3.44. The van der Waals surface area contributed by atoms with Crippen LogP contribution in [0.3, 0.4) is 0 Å². The number of carbonyl (C=O) groups is 1. The summed E-state index contributed by atoms with van der Waals surface area (Å²) < 4.78 is 0. The minimum atomic E-state index is 0.148. The summed E-state index contributed by atoms with van der Waals surface area (Å²) >= 11 is 0. The normalized spacial score (nSPS) is 22.5. The molecular formula is C12H24N2O. The van der Waals surface area contributed by atoms with Gasteiger partial charge >= 0.3 is 0 Å². The van der Waals surface area contributed by atoms with Crippen molar-refractivity contribution in [2.45, 2.75) is 34.6 Å². The maximum Gasteiger partial charge on any atom is 0.224 e. The average Bonchev–Trinajstić information content (AvgIpc) is 2.51. The van der Waals surface area contributed by atoms with Crippen LogP contribution in [0.4, 0.5) is 0 Å². The number of carbonyl (C=O) groups excluding carboxylic acids is 1. The van der Waals surface area contributed by atoms with E-state index in [9.17, 15) is 4.79 Å². The molecular weight excluding hydrogens is 188 g/mol. The highest BCUT2D eigenvalue weighted by Crippen LogP contribution is 2.68. The molecule has 3 nitrogen and oxygen atoms in total. The van der Waals surface area contributed by atoms with Crippen molar-refractivity contribution in [2.24, 2.45) is 16.7 Å². The van der Waals surface area contributed by atoms with E-state index in [-0.39, 0.29) is 22.7 Å². The molecule has 1 aliphatic carbocycles. The Morgan fingerprint density at radius 2 is 1.67 bits per heavy atom. The molecule has 0 spiro atoms. The van der Waals surface area contributed by atoms with Gasteiger partial charge in [0.1, 0.15) is 0 Å². The lowest BCUT2D eigenvalue weighted by Gasteiger charge is -2.06. The highest BCUT2D eigenvalue weighted by molar-refractivity contribution is 5.84. The monoisotopic (exact) mass is 212 g/mol. The van der Waals surface area contributed by atoms with Crippen LogP contribution in [-0.2, 0) is 4.79 Å². The highest BCUT2D eigenvalue weighted by atomic mass is 16.2. The SMILES string of the molecule is CCNCCNC(=O)C1C(C)(C)C1(C)C. The lowest BCUT2D eigenvalue weighted by atomic mass is 10.0. The zero-order valence-corrected chi connectivity index (χ0v) is 10.6. The molecule has 0 unspecified atom stereocenters. The molecule has 0 aliphatic heterocycles. The van der Waals surface area contributed by atoms with Gasteiger partial charge in [-0.3, -0.25) is 4.79 Å². The summed E-state index contributed by atoms with van der Waals surface area (Å²) in [5.41, 5.74) is 0.296. The zero-order chi connectivity index (χ0) is 11.7. The molecule has 0 saturated heterocycles. The number of amides is 1. The van der Waals surface area contributed by atoms with Crippen LogP contribution in [0, 0.1) is 16.7 Å². The predicted molar refractivity (Wildman–Crippen MR) is 62.6 cm³/mol. The third-order valence-corrected chi connectivity index (χ3v) is 4.13. The van der Waals surface area contributed by atoms with Crippen LogP contribution in [0.15, 0.2) is 0 Å². The summed E-state index contributed by atoms with van der Waals surface area (Å²) in [6, 6.07) is 0. The van der Waals surface area contributed by atoms with Crippen molar-refractivity contribution in [3.05, 3.63) is 0 Å². The molecule has 0 heterocycles. The van der Waals surface area contributed by atoms with Crippen LogP contribution in [0.25, 0.3) is 0 Å². The van der Waals surface area contributed by atoms with Crippen molar-refractivity contribution in [1.82, 2.24) is 10.6 Å². The number of nitrogens with one attached hydrogen (secondary N) is 2. The van der Waals surface area contributed by atoms with Gasteiger partial charge in [0, 0.05) is 19.0 Å². The molecule has 0 aromatic rings. The second kappa shape index (κ2) is 4.12. The Hall–Kier alpha value is -0.570. The first-order chi connectivity index (χ1) is 6.85. The van der Waals surface area contributed by atoms with Gasteiger partial charge < -0.3 is 10.6 Å². The molecule has 0 aromatic carbocycles. The van der Waals surface area contributed by atoms with E-state index >= 15 is 0 Å². The number of likely N-dealkylation sites (N-methyl/N-ethyl adjacent to an activating group) is 1. The minimum Gasteiger partial charge on any atom is -0.355 e. The van der Waals surface area contributed by atoms with Crippen molar-refractivity contribution in [3.8, 4) is 0 Å². The Labute approximate surface area is 93.0 Å². The quantitative estimate of drug-likeness (QED) is 0.676. The smallest absolute Gasteiger partial charge is 0.224 e. The Bertz CT molecular complexity index is 232. The molecule has 2 N–H and O–H groups in total. The average molecular weight is 212 g/mol. The fourth-order valence-electron chi connectivity index (χ4n) is 2.40. The van der Waals surface area contributed by atoms with Gasteiger partial charge in [-0.15, -0.1) is 0 Å². The second-order valence-electron chi connectivity index (χ2n) is 5.52. The predicted octanol–water partition coefficient (Wildman–Crippen LogP) is 1.39. The molecule has 0 aromatic heterocycles. The van der Waals surface area contributed by atoms with Crippen LogP contribution in [0.5, 0.6) is 0 Å². The minimum absolute atomic E-state index is 0.148. The van der Waals surface area contributed by atoms with Crippen molar-refractivity contribution < 1.29 is 4.79 Å². The van der Waals surface area contributed by atoms with Crippen molar-refractivity contribution >= 4 is 5.91 Å². The zero-order valence-electron chi connectivity index (χ0n) is 10.6. The lowest BCUT2D eigenvalue weighted by molar-refractivity contribution is -0.123. The molecule has 1 amide bonds. The van der Waals surface area contributed by atoms with Crippen LogP contribution in [-0.4, -0.2) is 25.5 Å². The fourth-order valence-corrected chi connectivity index (χ4v) is 2.40. The third-order valence-electron chi connectivity index (χ3n) is 4.13. The molecule has 15 heavy (non-hydrogen) atoms.